The fourth-order valence-electron chi connectivity index (χ4n) is 2.83. The minimum absolute atomic E-state index is 0.212. The summed E-state index contributed by atoms with van der Waals surface area (Å²) in [4.78, 5) is 26.2. The summed E-state index contributed by atoms with van der Waals surface area (Å²) in [6, 6.07) is 10.3. The molecular weight excluding hydrogens is 361 g/mol. The first-order valence-electron chi connectivity index (χ1n) is 7.34. The van der Waals surface area contributed by atoms with Crippen molar-refractivity contribution in [2.45, 2.75) is 26.2 Å². The fraction of sp³-hybridized carbons (Fsp3) is 0.222. The summed E-state index contributed by atoms with van der Waals surface area (Å²) in [5.41, 5.74) is 2.40. The number of rotatable bonds is 2. The molecule has 1 amide bonds. The number of ketones is 1. The van der Waals surface area contributed by atoms with Crippen molar-refractivity contribution in [3.05, 3.63) is 57.8 Å². The maximum atomic E-state index is 13.8. The van der Waals surface area contributed by atoms with Crippen molar-refractivity contribution < 1.29 is 14.0 Å². The lowest BCUT2D eigenvalue weighted by Crippen LogP contribution is -2.34. The van der Waals surface area contributed by atoms with E-state index >= 15 is 0 Å². The Morgan fingerprint density at radius 1 is 1.13 bits per heavy atom. The maximum Gasteiger partial charge on any atom is 0.239 e. The fourth-order valence-corrected chi connectivity index (χ4v) is 3.17. The largest absolute Gasteiger partial charge is 0.294 e. The molecule has 0 saturated heterocycles. The topological polar surface area (TPSA) is 37.4 Å². The molecule has 0 atom stereocenters. The highest BCUT2D eigenvalue weighted by Crippen LogP contribution is 2.40. The number of hydrogen-bond acceptors (Lipinski definition) is 2. The number of para-hydroxylation sites is 1. The van der Waals surface area contributed by atoms with Crippen LogP contribution in [0.1, 0.15) is 42.1 Å². The van der Waals surface area contributed by atoms with Crippen LogP contribution in [-0.4, -0.2) is 11.7 Å². The highest BCUT2D eigenvalue weighted by Gasteiger charge is 2.33. The molecular formula is C18H15BrFNO2. The Morgan fingerprint density at radius 2 is 1.83 bits per heavy atom. The van der Waals surface area contributed by atoms with Gasteiger partial charge in [-0.05, 0) is 45.6 Å². The van der Waals surface area contributed by atoms with E-state index in [1.165, 1.54) is 17.0 Å². The van der Waals surface area contributed by atoms with Crippen molar-refractivity contribution in [2.75, 3.05) is 4.90 Å². The van der Waals surface area contributed by atoms with Gasteiger partial charge in [0.2, 0.25) is 5.91 Å². The molecule has 3 rings (SSSR count). The molecule has 3 nitrogen and oxygen atoms in total. The molecule has 5 heteroatoms. The van der Waals surface area contributed by atoms with Crippen molar-refractivity contribution >= 4 is 39.0 Å². The van der Waals surface area contributed by atoms with Gasteiger partial charge in [0.1, 0.15) is 5.82 Å². The molecule has 0 N–H and O–H groups in total. The number of carbonyl (C=O) groups excluding carboxylic acids is 2. The molecule has 118 valence electrons. The number of fused-ring (bicyclic) bond motifs is 1. The molecule has 1 aliphatic heterocycles. The Balaban J connectivity index is 2.26. The molecule has 2 aromatic rings. The van der Waals surface area contributed by atoms with E-state index in [1.807, 2.05) is 38.1 Å². The first kappa shape index (κ1) is 15.9. The second-order valence-electron chi connectivity index (χ2n) is 5.83. The normalized spacial score (nSPS) is 14.4. The lowest BCUT2D eigenvalue weighted by Gasteiger charge is -2.31. The molecule has 0 spiro atoms. The van der Waals surface area contributed by atoms with Crippen LogP contribution in [0.15, 0.2) is 40.9 Å². The van der Waals surface area contributed by atoms with Gasteiger partial charge in [-0.2, -0.15) is 0 Å². The van der Waals surface area contributed by atoms with E-state index in [-0.39, 0.29) is 34.1 Å². The van der Waals surface area contributed by atoms with E-state index < -0.39 is 5.82 Å². The van der Waals surface area contributed by atoms with Crippen LogP contribution < -0.4 is 4.90 Å². The summed E-state index contributed by atoms with van der Waals surface area (Å²) in [6.07, 6.45) is -0.250. The number of nitrogens with zero attached hydrogens (tertiary/aromatic N) is 1. The molecule has 1 aliphatic rings. The van der Waals surface area contributed by atoms with Gasteiger partial charge in [-0.25, -0.2) is 4.39 Å². The average molecular weight is 376 g/mol. The van der Waals surface area contributed by atoms with E-state index in [9.17, 15) is 14.0 Å². The number of benzene rings is 2. The summed E-state index contributed by atoms with van der Waals surface area (Å²) in [7, 11) is 0. The van der Waals surface area contributed by atoms with Crippen LogP contribution in [0.5, 0.6) is 0 Å². The maximum absolute atomic E-state index is 13.8. The van der Waals surface area contributed by atoms with Gasteiger partial charge < -0.3 is 0 Å². The molecule has 0 fully saturated rings. The van der Waals surface area contributed by atoms with Crippen LogP contribution in [0.25, 0.3) is 0 Å². The van der Waals surface area contributed by atoms with Gasteiger partial charge in [-0.15, -0.1) is 0 Å². The predicted molar refractivity (Wildman–Crippen MR) is 90.7 cm³/mol. The minimum atomic E-state index is -0.511. The Morgan fingerprint density at radius 3 is 2.52 bits per heavy atom. The van der Waals surface area contributed by atoms with E-state index in [0.717, 1.165) is 11.3 Å². The van der Waals surface area contributed by atoms with Crippen LogP contribution in [0, 0.1) is 5.82 Å². The van der Waals surface area contributed by atoms with E-state index in [1.54, 1.807) is 0 Å². The van der Waals surface area contributed by atoms with Crippen molar-refractivity contribution in [3.63, 3.8) is 0 Å². The summed E-state index contributed by atoms with van der Waals surface area (Å²) < 4.78 is 14.0. The minimum Gasteiger partial charge on any atom is -0.294 e. The third-order valence-electron chi connectivity index (χ3n) is 3.94. The summed E-state index contributed by atoms with van der Waals surface area (Å²) >= 11 is 3.14. The molecule has 0 radical (unpaired) electrons. The molecule has 0 unspecified atom stereocenters. The molecule has 0 saturated carbocycles. The van der Waals surface area contributed by atoms with Crippen LogP contribution in [0.2, 0.25) is 0 Å². The lowest BCUT2D eigenvalue weighted by molar-refractivity contribution is -0.117. The molecule has 23 heavy (non-hydrogen) atoms. The molecule has 0 aromatic heterocycles. The molecule has 1 heterocycles. The monoisotopic (exact) mass is 375 g/mol. The standard InChI is InChI=1S/C18H15BrFNO2/c1-10(2)11-5-3-4-6-15(11)21-16-8-13(19)14(20)7-12(16)17(22)9-18(21)23/h3-8,10H,9H2,1-2H3. The Kier molecular flexibility index (Phi) is 4.06. The molecule has 0 aliphatic carbocycles. The third-order valence-corrected chi connectivity index (χ3v) is 4.55. The third kappa shape index (κ3) is 2.70. The smallest absolute Gasteiger partial charge is 0.239 e. The quantitative estimate of drug-likeness (QED) is 0.695. The van der Waals surface area contributed by atoms with Crippen molar-refractivity contribution in [1.82, 2.24) is 0 Å². The summed E-state index contributed by atoms with van der Waals surface area (Å²) in [6.45, 7) is 4.08. The van der Waals surface area contributed by atoms with Gasteiger partial charge in [-0.1, -0.05) is 32.0 Å². The van der Waals surface area contributed by atoms with Crippen LogP contribution in [0.4, 0.5) is 15.8 Å². The lowest BCUT2D eigenvalue weighted by atomic mass is 9.95. The van der Waals surface area contributed by atoms with Crippen LogP contribution in [0.3, 0.4) is 0 Å². The van der Waals surface area contributed by atoms with Gasteiger partial charge in [0.15, 0.2) is 5.78 Å². The number of Topliss-reactive ketones (excluding diaryl/α,β-unsaturated/α-hetero) is 1. The second-order valence-corrected chi connectivity index (χ2v) is 6.68. The Labute approximate surface area is 142 Å². The first-order valence-corrected chi connectivity index (χ1v) is 8.13. The van der Waals surface area contributed by atoms with Gasteiger partial charge in [0.25, 0.3) is 0 Å². The SMILES string of the molecule is CC(C)c1ccccc1N1C(=O)CC(=O)c2cc(F)c(Br)cc21. The summed E-state index contributed by atoms with van der Waals surface area (Å²) in [5, 5.41) is 0. The van der Waals surface area contributed by atoms with Crippen LogP contribution in [-0.2, 0) is 4.79 Å². The van der Waals surface area contributed by atoms with Gasteiger partial charge in [0, 0.05) is 5.56 Å². The average Bonchev–Trinajstić information content (AvgIpc) is 2.50. The van der Waals surface area contributed by atoms with Crippen molar-refractivity contribution in [1.29, 1.82) is 0 Å². The first-order chi connectivity index (χ1) is 10.9. The van der Waals surface area contributed by atoms with E-state index in [2.05, 4.69) is 15.9 Å². The van der Waals surface area contributed by atoms with E-state index in [0.29, 0.717) is 5.69 Å². The van der Waals surface area contributed by atoms with Crippen molar-refractivity contribution in [3.8, 4) is 0 Å². The molecule has 0 bridgehead atoms. The number of hydrogen-bond donors (Lipinski definition) is 0. The van der Waals surface area contributed by atoms with Gasteiger partial charge in [-0.3, -0.25) is 14.5 Å². The number of halogens is 2. The predicted octanol–water partition coefficient (Wildman–Crippen LogP) is 4.96. The zero-order valence-corrected chi connectivity index (χ0v) is 14.4. The summed E-state index contributed by atoms with van der Waals surface area (Å²) in [5.74, 6) is -0.948. The van der Waals surface area contributed by atoms with Gasteiger partial charge in [0.05, 0.1) is 22.3 Å². The Hall–Kier alpha value is -2.01. The zero-order chi connectivity index (χ0) is 16.7. The number of carbonyl (C=O) groups is 2. The number of anilines is 2. The highest BCUT2D eigenvalue weighted by molar-refractivity contribution is 9.10. The van der Waals surface area contributed by atoms with Crippen LogP contribution >= 0.6 is 15.9 Å². The number of amides is 1. The van der Waals surface area contributed by atoms with Crippen molar-refractivity contribution in [2.24, 2.45) is 0 Å². The second kappa shape index (κ2) is 5.89. The highest BCUT2D eigenvalue weighted by atomic mass is 79.9. The van der Waals surface area contributed by atoms with E-state index in [4.69, 9.17) is 0 Å². The van der Waals surface area contributed by atoms with Gasteiger partial charge >= 0.3 is 0 Å². The zero-order valence-electron chi connectivity index (χ0n) is 12.8. The Bertz CT molecular complexity index is 817. The molecule has 2 aromatic carbocycles.